The summed E-state index contributed by atoms with van der Waals surface area (Å²) in [5.74, 6) is -0.0782. The van der Waals surface area contributed by atoms with Crippen molar-refractivity contribution in [3.8, 4) is 34.3 Å². The van der Waals surface area contributed by atoms with Crippen molar-refractivity contribution < 1.29 is 13.5 Å². The van der Waals surface area contributed by atoms with Crippen LogP contribution in [0.1, 0.15) is 11.3 Å². The Kier molecular flexibility index (Phi) is 6.11. The summed E-state index contributed by atoms with van der Waals surface area (Å²) in [5, 5.41) is 13.7. The average molecular weight is 509 g/mol. The molecule has 0 saturated heterocycles. The maximum atomic E-state index is 12.9. The first-order valence-electron chi connectivity index (χ1n) is 10.8. The molecule has 0 aliphatic rings. The average Bonchev–Trinajstić information content (AvgIpc) is 3.45. The van der Waals surface area contributed by atoms with Gasteiger partial charge < -0.3 is 4.74 Å². The fourth-order valence-corrected chi connectivity index (χ4v) is 4.07. The van der Waals surface area contributed by atoms with Crippen LogP contribution in [0.3, 0.4) is 0 Å². The SMILES string of the molecule is Cc1cc(-c2nn(-c3ccc(-n4nccc4OC(F)F)cc3C)ccc2=O)n(-c2cccc(Cl)c2)n1. The Morgan fingerprint density at radius 2 is 1.75 bits per heavy atom. The fourth-order valence-electron chi connectivity index (χ4n) is 3.89. The largest absolute Gasteiger partial charge is 0.417 e. The van der Waals surface area contributed by atoms with Gasteiger partial charge in [0.2, 0.25) is 11.3 Å². The molecule has 5 rings (SSSR count). The van der Waals surface area contributed by atoms with Crippen LogP contribution in [-0.4, -0.2) is 36.0 Å². The van der Waals surface area contributed by atoms with E-state index in [0.29, 0.717) is 33.5 Å². The van der Waals surface area contributed by atoms with Crippen LogP contribution in [0.4, 0.5) is 8.78 Å². The molecule has 8 nitrogen and oxygen atoms in total. The molecule has 0 bridgehead atoms. The van der Waals surface area contributed by atoms with Gasteiger partial charge in [0, 0.05) is 23.4 Å². The molecule has 182 valence electrons. The highest BCUT2D eigenvalue weighted by Crippen LogP contribution is 2.25. The van der Waals surface area contributed by atoms with Crippen LogP contribution in [0, 0.1) is 13.8 Å². The van der Waals surface area contributed by atoms with Gasteiger partial charge in [-0.3, -0.25) is 4.79 Å². The summed E-state index contributed by atoms with van der Waals surface area (Å²) in [6.07, 6.45) is 2.95. The maximum Gasteiger partial charge on any atom is 0.388 e. The van der Waals surface area contributed by atoms with Gasteiger partial charge in [0.1, 0.15) is 0 Å². The second-order valence-electron chi connectivity index (χ2n) is 7.97. The van der Waals surface area contributed by atoms with Crippen molar-refractivity contribution in [2.75, 3.05) is 0 Å². The molecule has 3 aromatic heterocycles. The van der Waals surface area contributed by atoms with Gasteiger partial charge in [-0.2, -0.15) is 24.1 Å². The highest BCUT2D eigenvalue weighted by Gasteiger charge is 2.17. The minimum atomic E-state index is -2.96. The molecule has 11 heteroatoms. The number of alkyl halides is 2. The van der Waals surface area contributed by atoms with Gasteiger partial charge >= 0.3 is 6.61 Å². The van der Waals surface area contributed by atoms with Crippen LogP contribution in [0.25, 0.3) is 28.5 Å². The van der Waals surface area contributed by atoms with Crippen LogP contribution in [-0.2, 0) is 0 Å². The lowest BCUT2D eigenvalue weighted by molar-refractivity contribution is -0.0544. The van der Waals surface area contributed by atoms with E-state index in [4.69, 9.17) is 11.6 Å². The van der Waals surface area contributed by atoms with E-state index in [0.717, 1.165) is 5.56 Å². The smallest absolute Gasteiger partial charge is 0.388 e. The third kappa shape index (κ3) is 4.50. The minimum absolute atomic E-state index is 0.0782. The number of hydrogen-bond donors (Lipinski definition) is 0. The van der Waals surface area contributed by atoms with Crippen LogP contribution < -0.4 is 10.2 Å². The fraction of sp³-hybridized carbons (Fsp3) is 0.120. The van der Waals surface area contributed by atoms with Crippen molar-refractivity contribution in [1.82, 2.24) is 29.3 Å². The van der Waals surface area contributed by atoms with Gasteiger partial charge in [-0.15, -0.1) is 0 Å². The quantitative estimate of drug-likeness (QED) is 0.317. The number of hydrogen-bond acceptors (Lipinski definition) is 5. The van der Waals surface area contributed by atoms with Gasteiger partial charge in [-0.25, -0.2) is 14.0 Å². The molecule has 5 aromatic rings. The van der Waals surface area contributed by atoms with Crippen molar-refractivity contribution in [2.45, 2.75) is 20.5 Å². The second-order valence-corrected chi connectivity index (χ2v) is 8.40. The van der Waals surface area contributed by atoms with E-state index in [2.05, 4.69) is 20.0 Å². The molecular formula is C25H19ClF2N6O2. The first-order chi connectivity index (χ1) is 17.3. The van der Waals surface area contributed by atoms with Gasteiger partial charge in [0.05, 0.1) is 34.6 Å². The van der Waals surface area contributed by atoms with Crippen LogP contribution in [0.15, 0.2) is 77.9 Å². The zero-order valence-electron chi connectivity index (χ0n) is 19.1. The summed E-state index contributed by atoms with van der Waals surface area (Å²) in [6.45, 7) is 0.708. The van der Waals surface area contributed by atoms with Crippen LogP contribution >= 0.6 is 11.6 Å². The Bertz CT molecular complexity index is 1630. The maximum absolute atomic E-state index is 12.9. The first-order valence-corrected chi connectivity index (χ1v) is 11.2. The van der Waals surface area contributed by atoms with Crippen LogP contribution in [0.2, 0.25) is 5.02 Å². The number of aryl methyl sites for hydroxylation is 2. The monoisotopic (exact) mass is 508 g/mol. The van der Waals surface area contributed by atoms with Gasteiger partial charge in [0.25, 0.3) is 0 Å². The van der Waals surface area contributed by atoms with Gasteiger partial charge in [-0.1, -0.05) is 17.7 Å². The van der Waals surface area contributed by atoms with Crippen LogP contribution in [0.5, 0.6) is 5.88 Å². The van der Waals surface area contributed by atoms with Gasteiger partial charge in [0.15, 0.2) is 5.69 Å². The number of aromatic nitrogens is 6. The molecular weight excluding hydrogens is 490 g/mol. The van der Waals surface area contributed by atoms with Crippen molar-refractivity contribution in [1.29, 1.82) is 0 Å². The number of benzene rings is 2. The number of ether oxygens (including phenoxy) is 1. The molecule has 0 saturated carbocycles. The standard InChI is InChI=1S/C25H19ClF2N6O2/c1-15-12-19(34-23(8-10-29-34)36-25(27)28)6-7-20(15)32-11-9-22(35)24(31-32)21-13-16(2)30-33(21)18-5-3-4-17(26)14-18/h3-14,25H,1-2H3. The molecule has 0 aliphatic heterocycles. The predicted molar refractivity (Wildman–Crippen MR) is 131 cm³/mol. The predicted octanol–water partition coefficient (Wildman–Crippen LogP) is 5.14. The van der Waals surface area contributed by atoms with Crippen molar-refractivity contribution >= 4 is 11.6 Å². The number of rotatable bonds is 6. The van der Waals surface area contributed by atoms with E-state index in [1.807, 2.05) is 19.9 Å². The zero-order valence-corrected chi connectivity index (χ0v) is 19.9. The molecule has 0 spiro atoms. The summed E-state index contributed by atoms with van der Waals surface area (Å²) in [6, 6.07) is 17.0. The normalized spacial score (nSPS) is 11.3. The minimum Gasteiger partial charge on any atom is -0.417 e. The Labute approximate surface area is 208 Å². The molecule has 0 fully saturated rings. The molecule has 0 unspecified atom stereocenters. The van der Waals surface area contributed by atoms with Crippen molar-refractivity contribution in [3.05, 3.63) is 99.6 Å². The lowest BCUT2D eigenvalue weighted by Gasteiger charge is -2.14. The molecule has 0 radical (unpaired) electrons. The molecule has 0 atom stereocenters. The lowest BCUT2D eigenvalue weighted by Crippen LogP contribution is -2.15. The lowest BCUT2D eigenvalue weighted by atomic mass is 10.1. The number of nitrogens with zero attached hydrogens (tertiary/aromatic N) is 6. The van der Waals surface area contributed by atoms with E-state index < -0.39 is 6.61 Å². The summed E-state index contributed by atoms with van der Waals surface area (Å²) < 4.78 is 34.4. The third-order valence-corrected chi connectivity index (χ3v) is 5.66. The summed E-state index contributed by atoms with van der Waals surface area (Å²) in [4.78, 5) is 12.9. The Morgan fingerprint density at radius 1 is 0.944 bits per heavy atom. The molecule has 3 heterocycles. The van der Waals surface area contributed by atoms with E-state index in [-0.39, 0.29) is 17.0 Å². The van der Waals surface area contributed by atoms with Gasteiger partial charge in [-0.05, 0) is 61.9 Å². The summed E-state index contributed by atoms with van der Waals surface area (Å²) in [5.41, 5.74) is 3.87. The molecule has 0 aliphatic carbocycles. The zero-order chi connectivity index (χ0) is 25.4. The Morgan fingerprint density at radius 3 is 2.50 bits per heavy atom. The Hall–Kier alpha value is -4.31. The van der Waals surface area contributed by atoms with Crippen molar-refractivity contribution in [3.63, 3.8) is 0 Å². The highest BCUT2D eigenvalue weighted by molar-refractivity contribution is 6.30. The van der Waals surface area contributed by atoms with E-state index >= 15 is 0 Å². The molecule has 0 amide bonds. The summed E-state index contributed by atoms with van der Waals surface area (Å²) in [7, 11) is 0. The molecule has 0 N–H and O–H groups in total. The molecule has 36 heavy (non-hydrogen) atoms. The first kappa shape index (κ1) is 23.4. The van der Waals surface area contributed by atoms with E-state index in [1.54, 1.807) is 58.0 Å². The Balaban J connectivity index is 1.56. The van der Waals surface area contributed by atoms with E-state index in [1.165, 1.54) is 23.0 Å². The third-order valence-electron chi connectivity index (χ3n) is 5.42. The topological polar surface area (TPSA) is 79.8 Å². The summed E-state index contributed by atoms with van der Waals surface area (Å²) >= 11 is 6.16. The number of halogens is 3. The second kappa shape index (κ2) is 9.38. The molecule has 2 aromatic carbocycles. The highest BCUT2D eigenvalue weighted by atomic mass is 35.5. The van der Waals surface area contributed by atoms with E-state index in [9.17, 15) is 13.6 Å². The van der Waals surface area contributed by atoms with Crippen molar-refractivity contribution in [2.24, 2.45) is 0 Å².